The quantitative estimate of drug-likeness (QED) is 0.801. The first-order chi connectivity index (χ1) is 9.13. The van der Waals surface area contributed by atoms with Gasteiger partial charge in [-0.3, -0.25) is 9.59 Å². The van der Waals surface area contributed by atoms with Crippen LogP contribution in [0.25, 0.3) is 0 Å². The van der Waals surface area contributed by atoms with E-state index < -0.39 is 0 Å². The summed E-state index contributed by atoms with van der Waals surface area (Å²) < 4.78 is 0. The average Bonchev–Trinajstić information content (AvgIpc) is 2.44. The Balaban J connectivity index is 1.88. The summed E-state index contributed by atoms with van der Waals surface area (Å²) in [6, 6.07) is -0.217. The number of rotatable bonds is 5. The summed E-state index contributed by atoms with van der Waals surface area (Å²) in [4.78, 5) is 27.8. The average molecular weight is 268 g/mol. The molecule has 0 aromatic carbocycles. The zero-order valence-electron chi connectivity index (χ0n) is 11.7. The summed E-state index contributed by atoms with van der Waals surface area (Å²) in [7, 11) is 0. The first kappa shape index (κ1) is 14.3. The Hall–Kier alpha value is -1.10. The highest BCUT2D eigenvalue weighted by Crippen LogP contribution is 2.23. The van der Waals surface area contributed by atoms with Crippen LogP contribution in [0.4, 0.5) is 0 Å². The SMILES string of the molecule is CCC(O)CCCN1CC(=O)N2CCCCC2C1=O. The normalized spacial score (nSPS) is 25.5. The van der Waals surface area contributed by atoms with Crippen molar-refractivity contribution in [2.75, 3.05) is 19.6 Å². The highest BCUT2D eigenvalue weighted by molar-refractivity contribution is 5.95. The van der Waals surface area contributed by atoms with Crippen LogP contribution in [0.5, 0.6) is 0 Å². The first-order valence-electron chi connectivity index (χ1n) is 7.39. The smallest absolute Gasteiger partial charge is 0.245 e. The lowest BCUT2D eigenvalue weighted by Crippen LogP contribution is -2.61. The lowest BCUT2D eigenvalue weighted by molar-refractivity contribution is -0.157. The van der Waals surface area contributed by atoms with Gasteiger partial charge in [0.05, 0.1) is 12.6 Å². The van der Waals surface area contributed by atoms with Crippen LogP contribution in [0.2, 0.25) is 0 Å². The van der Waals surface area contributed by atoms with Gasteiger partial charge in [0, 0.05) is 13.1 Å². The summed E-state index contributed by atoms with van der Waals surface area (Å²) in [5.74, 6) is 0.186. The largest absolute Gasteiger partial charge is 0.393 e. The van der Waals surface area contributed by atoms with E-state index in [0.29, 0.717) is 13.0 Å². The van der Waals surface area contributed by atoms with Crippen molar-refractivity contribution in [2.24, 2.45) is 0 Å². The van der Waals surface area contributed by atoms with Crippen LogP contribution < -0.4 is 0 Å². The molecule has 5 heteroatoms. The monoisotopic (exact) mass is 268 g/mol. The molecule has 0 aromatic rings. The maximum atomic E-state index is 12.3. The van der Waals surface area contributed by atoms with Crippen LogP contribution in [0.15, 0.2) is 0 Å². The Labute approximate surface area is 114 Å². The second-order valence-corrected chi connectivity index (χ2v) is 5.56. The molecule has 2 heterocycles. The van der Waals surface area contributed by atoms with Crippen LogP contribution in [0, 0.1) is 0 Å². The van der Waals surface area contributed by atoms with Crippen LogP contribution in [0.1, 0.15) is 45.4 Å². The summed E-state index contributed by atoms with van der Waals surface area (Å²) in [5, 5.41) is 9.51. The summed E-state index contributed by atoms with van der Waals surface area (Å²) in [6.45, 7) is 3.49. The van der Waals surface area contributed by atoms with E-state index in [9.17, 15) is 14.7 Å². The van der Waals surface area contributed by atoms with Crippen LogP contribution in [-0.4, -0.2) is 58.5 Å². The maximum absolute atomic E-state index is 12.3. The summed E-state index contributed by atoms with van der Waals surface area (Å²) >= 11 is 0. The van der Waals surface area contributed by atoms with Crippen molar-refractivity contribution >= 4 is 11.8 Å². The van der Waals surface area contributed by atoms with Gasteiger partial charge in [-0.15, -0.1) is 0 Å². The van der Waals surface area contributed by atoms with E-state index in [-0.39, 0.29) is 30.5 Å². The molecule has 2 atom stereocenters. The van der Waals surface area contributed by atoms with Gasteiger partial charge in [0.15, 0.2) is 0 Å². The van der Waals surface area contributed by atoms with Crippen molar-refractivity contribution in [2.45, 2.75) is 57.6 Å². The molecular weight excluding hydrogens is 244 g/mol. The van der Waals surface area contributed by atoms with E-state index in [1.54, 1.807) is 9.80 Å². The van der Waals surface area contributed by atoms with Crippen LogP contribution >= 0.6 is 0 Å². The highest BCUT2D eigenvalue weighted by atomic mass is 16.3. The van der Waals surface area contributed by atoms with E-state index in [2.05, 4.69) is 0 Å². The molecule has 0 aliphatic carbocycles. The lowest BCUT2D eigenvalue weighted by Gasteiger charge is -2.42. The van der Waals surface area contributed by atoms with E-state index >= 15 is 0 Å². The third kappa shape index (κ3) is 3.26. The van der Waals surface area contributed by atoms with Gasteiger partial charge >= 0.3 is 0 Å². The Kier molecular flexibility index (Phi) is 4.80. The second-order valence-electron chi connectivity index (χ2n) is 5.56. The van der Waals surface area contributed by atoms with Gasteiger partial charge in [-0.1, -0.05) is 6.92 Å². The maximum Gasteiger partial charge on any atom is 0.245 e. The fourth-order valence-corrected chi connectivity index (χ4v) is 2.94. The van der Waals surface area contributed by atoms with Gasteiger partial charge in [-0.05, 0) is 38.5 Å². The first-order valence-corrected chi connectivity index (χ1v) is 7.39. The van der Waals surface area contributed by atoms with Gasteiger partial charge in [0.1, 0.15) is 6.04 Å². The molecule has 2 amide bonds. The Bertz CT molecular complexity index is 346. The van der Waals surface area contributed by atoms with Crippen molar-refractivity contribution in [3.63, 3.8) is 0 Å². The predicted molar refractivity (Wildman–Crippen MR) is 71.5 cm³/mol. The number of aliphatic hydroxyl groups is 1. The zero-order chi connectivity index (χ0) is 13.8. The number of amides is 2. The van der Waals surface area contributed by atoms with Gasteiger partial charge in [-0.25, -0.2) is 0 Å². The molecule has 0 bridgehead atoms. The van der Waals surface area contributed by atoms with Crippen molar-refractivity contribution < 1.29 is 14.7 Å². The number of hydrogen-bond acceptors (Lipinski definition) is 3. The minimum atomic E-state index is -0.290. The fourth-order valence-electron chi connectivity index (χ4n) is 2.94. The van der Waals surface area contributed by atoms with Crippen molar-refractivity contribution in [3.8, 4) is 0 Å². The molecule has 0 saturated carbocycles. The highest BCUT2D eigenvalue weighted by Gasteiger charge is 2.39. The standard InChI is InChI=1S/C14H24N2O3/c1-2-11(17)6-5-8-15-10-13(18)16-9-4-3-7-12(16)14(15)19/h11-12,17H,2-10H2,1H3. The molecule has 1 N–H and O–H groups in total. The molecule has 2 aliphatic heterocycles. The van der Waals surface area contributed by atoms with Crippen molar-refractivity contribution in [1.82, 2.24) is 9.80 Å². The number of piperazine rings is 1. The third-order valence-electron chi connectivity index (χ3n) is 4.18. The van der Waals surface area contributed by atoms with Crippen molar-refractivity contribution in [3.05, 3.63) is 0 Å². The molecule has 0 spiro atoms. The molecule has 2 saturated heterocycles. The lowest BCUT2D eigenvalue weighted by atomic mass is 9.98. The van der Waals surface area contributed by atoms with Gasteiger partial charge < -0.3 is 14.9 Å². The number of aliphatic hydroxyl groups excluding tert-OH is 1. The second kappa shape index (κ2) is 6.37. The minimum absolute atomic E-state index is 0.0836. The molecule has 2 fully saturated rings. The van der Waals surface area contributed by atoms with E-state index in [0.717, 1.165) is 38.6 Å². The van der Waals surface area contributed by atoms with E-state index in [1.807, 2.05) is 6.92 Å². The Morgan fingerprint density at radius 1 is 1.37 bits per heavy atom. The Morgan fingerprint density at radius 2 is 2.16 bits per heavy atom. The van der Waals surface area contributed by atoms with Gasteiger partial charge in [-0.2, -0.15) is 0 Å². The molecule has 2 unspecified atom stereocenters. The number of fused-ring (bicyclic) bond motifs is 1. The topological polar surface area (TPSA) is 60.9 Å². The van der Waals surface area contributed by atoms with Crippen molar-refractivity contribution in [1.29, 1.82) is 0 Å². The molecule has 108 valence electrons. The zero-order valence-corrected chi connectivity index (χ0v) is 11.7. The minimum Gasteiger partial charge on any atom is -0.393 e. The van der Waals surface area contributed by atoms with Crippen LogP contribution in [0.3, 0.4) is 0 Å². The fraction of sp³-hybridized carbons (Fsp3) is 0.857. The van der Waals surface area contributed by atoms with Gasteiger partial charge in [0.2, 0.25) is 11.8 Å². The number of piperidine rings is 1. The van der Waals surface area contributed by atoms with E-state index in [4.69, 9.17) is 0 Å². The van der Waals surface area contributed by atoms with Crippen LogP contribution in [-0.2, 0) is 9.59 Å². The molecule has 2 rings (SSSR count). The number of nitrogens with zero attached hydrogens (tertiary/aromatic N) is 2. The molecule has 0 radical (unpaired) electrons. The predicted octanol–water partition coefficient (Wildman–Crippen LogP) is 0.761. The van der Waals surface area contributed by atoms with Gasteiger partial charge in [0.25, 0.3) is 0 Å². The molecular formula is C14H24N2O3. The molecule has 2 aliphatic rings. The van der Waals surface area contributed by atoms with E-state index in [1.165, 1.54) is 0 Å². The number of carbonyl (C=O) groups excluding carboxylic acids is 2. The molecule has 0 aromatic heterocycles. The summed E-state index contributed by atoms with van der Waals surface area (Å²) in [5.41, 5.74) is 0. The molecule has 19 heavy (non-hydrogen) atoms. The molecule has 5 nitrogen and oxygen atoms in total. The summed E-state index contributed by atoms with van der Waals surface area (Å²) in [6.07, 6.45) is 4.76. The Morgan fingerprint density at radius 3 is 2.89 bits per heavy atom. The number of carbonyl (C=O) groups is 2. The number of hydrogen-bond donors (Lipinski definition) is 1. The third-order valence-corrected chi connectivity index (χ3v) is 4.18.